The van der Waals surface area contributed by atoms with Gasteiger partial charge in [0.1, 0.15) is 5.75 Å². The van der Waals surface area contributed by atoms with E-state index in [0.29, 0.717) is 6.04 Å². The highest BCUT2D eigenvalue weighted by Crippen LogP contribution is 2.24. The molecule has 0 saturated carbocycles. The summed E-state index contributed by atoms with van der Waals surface area (Å²) in [7, 11) is 3.54. The molecule has 150 valence electrons. The average molecular weight is 382 g/mol. The number of guanidine groups is 1. The van der Waals surface area contributed by atoms with Gasteiger partial charge < -0.3 is 20.3 Å². The van der Waals surface area contributed by atoms with Crippen LogP contribution in [0.2, 0.25) is 0 Å². The molecule has 0 spiro atoms. The van der Waals surface area contributed by atoms with E-state index in [1.807, 2.05) is 31.6 Å². The smallest absolute Gasteiger partial charge is 0.191 e. The molecule has 0 amide bonds. The maximum atomic E-state index is 5.37. The summed E-state index contributed by atoms with van der Waals surface area (Å²) in [6, 6.07) is 10.7. The van der Waals surface area contributed by atoms with Crippen molar-refractivity contribution in [3.05, 3.63) is 53.9 Å². The van der Waals surface area contributed by atoms with Crippen molar-refractivity contribution >= 4 is 11.6 Å². The number of benzene rings is 1. The lowest BCUT2D eigenvalue weighted by molar-refractivity contribution is 0.414. The molecular formula is C22H31N5O. The first-order valence-corrected chi connectivity index (χ1v) is 9.95. The van der Waals surface area contributed by atoms with Crippen molar-refractivity contribution in [3.63, 3.8) is 0 Å². The van der Waals surface area contributed by atoms with Crippen molar-refractivity contribution in [3.8, 4) is 5.75 Å². The number of aryl methyl sites for hydroxylation is 1. The Morgan fingerprint density at radius 1 is 1.36 bits per heavy atom. The molecule has 1 aromatic heterocycles. The molecule has 2 aromatic rings. The van der Waals surface area contributed by atoms with Crippen LogP contribution in [-0.4, -0.2) is 50.8 Å². The lowest BCUT2D eigenvalue weighted by Crippen LogP contribution is -2.51. The van der Waals surface area contributed by atoms with Gasteiger partial charge >= 0.3 is 0 Å². The fraction of sp³-hybridized carbons (Fsp3) is 0.455. The van der Waals surface area contributed by atoms with Crippen LogP contribution >= 0.6 is 0 Å². The summed E-state index contributed by atoms with van der Waals surface area (Å²) in [6.45, 7) is 4.97. The third-order valence-corrected chi connectivity index (χ3v) is 5.23. The zero-order chi connectivity index (χ0) is 19.8. The van der Waals surface area contributed by atoms with Crippen LogP contribution in [0.5, 0.6) is 5.75 Å². The van der Waals surface area contributed by atoms with Gasteiger partial charge in [0, 0.05) is 56.9 Å². The number of methoxy groups -OCH3 is 1. The van der Waals surface area contributed by atoms with Crippen LogP contribution in [0.25, 0.3) is 0 Å². The second-order valence-corrected chi connectivity index (χ2v) is 7.18. The number of pyridine rings is 1. The molecule has 0 bridgehead atoms. The Morgan fingerprint density at radius 2 is 2.25 bits per heavy atom. The van der Waals surface area contributed by atoms with E-state index < -0.39 is 0 Å². The molecule has 3 rings (SSSR count). The van der Waals surface area contributed by atoms with Gasteiger partial charge in [-0.1, -0.05) is 6.07 Å². The largest absolute Gasteiger partial charge is 0.497 e. The van der Waals surface area contributed by atoms with Gasteiger partial charge in [0.15, 0.2) is 5.96 Å². The summed E-state index contributed by atoms with van der Waals surface area (Å²) < 4.78 is 5.37. The van der Waals surface area contributed by atoms with Crippen LogP contribution in [-0.2, 0) is 6.42 Å². The van der Waals surface area contributed by atoms with Crippen LogP contribution in [0.4, 0.5) is 5.69 Å². The summed E-state index contributed by atoms with van der Waals surface area (Å²) in [6.07, 6.45) is 7.02. The van der Waals surface area contributed by atoms with Crippen LogP contribution in [0.3, 0.4) is 0 Å². The zero-order valence-corrected chi connectivity index (χ0v) is 17.1. The molecule has 1 unspecified atom stereocenters. The fourth-order valence-corrected chi connectivity index (χ4v) is 3.62. The van der Waals surface area contributed by atoms with Crippen molar-refractivity contribution in [1.29, 1.82) is 0 Å². The molecule has 1 aliphatic rings. The van der Waals surface area contributed by atoms with E-state index in [1.165, 1.54) is 16.8 Å². The molecule has 1 atom stereocenters. The molecular weight excluding hydrogens is 350 g/mol. The van der Waals surface area contributed by atoms with E-state index in [-0.39, 0.29) is 0 Å². The van der Waals surface area contributed by atoms with Gasteiger partial charge in [-0.3, -0.25) is 9.98 Å². The summed E-state index contributed by atoms with van der Waals surface area (Å²) in [4.78, 5) is 11.0. The lowest BCUT2D eigenvalue weighted by Gasteiger charge is -2.35. The van der Waals surface area contributed by atoms with Crippen LogP contribution < -0.4 is 20.3 Å². The number of nitrogens with one attached hydrogen (secondary N) is 2. The highest BCUT2D eigenvalue weighted by Gasteiger charge is 2.21. The number of hydrogen-bond donors (Lipinski definition) is 2. The number of piperidine rings is 1. The molecule has 2 N–H and O–H groups in total. The molecule has 6 nitrogen and oxygen atoms in total. The molecule has 1 fully saturated rings. The molecule has 1 aromatic carbocycles. The Kier molecular flexibility index (Phi) is 7.12. The molecule has 0 aliphatic carbocycles. The summed E-state index contributed by atoms with van der Waals surface area (Å²) in [5, 5.41) is 7.03. The Labute approximate surface area is 168 Å². The summed E-state index contributed by atoms with van der Waals surface area (Å²) in [5.74, 6) is 1.76. The fourth-order valence-electron chi connectivity index (χ4n) is 3.62. The predicted octanol–water partition coefficient (Wildman–Crippen LogP) is 2.78. The van der Waals surface area contributed by atoms with Crippen LogP contribution in [0.15, 0.2) is 47.7 Å². The van der Waals surface area contributed by atoms with Crippen molar-refractivity contribution in [2.75, 3.05) is 38.7 Å². The average Bonchev–Trinajstić information content (AvgIpc) is 2.74. The van der Waals surface area contributed by atoms with Gasteiger partial charge in [-0.05, 0) is 55.5 Å². The van der Waals surface area contributed by atoms with E-state index in [9.17, 15) is 0 Å². The first-order valence-electron chi connectivity index (χ1n) is 9.95. The number of aromatic nitrogens is 1. The minimum atomic E-state index is 0.369. The molecule has 1 aliphatic heterocycles. The third kappa shape index (κ3) is 5.38. The van der Waals surface area contributed by atoms with Crippen molar-refractivity contribution in [2.45, 2.75) is 32.2 Å². The van der Waals surface area contributed by atoms with Crippen molar-refractivity contribution < 1.29 is 4.74 Å². The quantitative estimate of drug-likeness (QED) is 0.595. The molecule has 2 heterocycles. The highest BCUT2D eigenvalue weighted by molar-refractivity contribution is 5.80. The lowest BCUT2D eigenvalue weighted by atomic mass is 10.0. The van der Waals surface area contributed by atoms with E-state index in [1.54, 1.807) is 7.11 Å². The highest BCUT2D eigenvalue weighted by atomic mass is 16.5. The van der Waals surface area contributed by atoms with Crippen LogP contribution in [0, 0.1) is 6.92 Å². The number of ether oxygens (including phenoxy) is 1. The van der Waals surface area contributed by atoms with Gasteiger partial charge in [0.25, 0.3) is 0 Å². The minimum absolute atomic E-state index is 0.369. The monoisotopic (exact) mass is 381 g/mol. The van der Waals surface area contributed by atoms with Gasteiger partial charge in [-0.15, -0.1) is 0 Å². The number of hydrogen-bond acceptors (Lipinski definition) is 4. The third-order valence-electron chi connectivity index (χ3n) is 5.23. The maximum Gasteiger partial charge on any atom is 0.191 e. The Hall–Kier alpha value is -2.76. The van der Waals surface area contributed by atoms with Gasteiger partial charge in [-0.25, -0.2) is 0 Å². The van der Waals surface area contributed by atoms with Gasteiger partial charge in [0.2, 0.25) is 0 Å². The van der Waals surface area contributed by atoms with Crippen molar-refractivity contribution in [2.24, 2.45) is 4.99 Å². The zero-order valence-electron chi connectivity index (χ0n) is 17.1. The standard InChI is InChI=1S/C22H31N5O/c1-17-15-24-11-9-18(17)10-12-25-22(23-2)26-19-6-5-13-27(16-19)20-7-4-8-21(14-20)28-3/h4,7-9,11,14-15,19H,5-6,10,12-13,16H2,1-3H3,(H2,23,25,26). The Bertz CT molecular complexity index is 792. The predicted molar refractivity (Wildman–Crippen MR) is 115 cm³/mol. The topological polar surface area (TPSA) is 61.8 Å². The Balaban J connectivity index is 1.52. The number of aliphatic imine (C=N–C) groups is 1. The molecule has 6 heteroatoms. The first-order chi connectivity index (χ1) is 13.7. The Morgan fingerprint density at radius 3 is 3.04 bits per heavy atom. The van der Waals surface area contributed by atoms with Crippen LogP contribution in [0.1, 0.15) is 24.0 Å². The second kappa shape index (κ2) is 9.97. The summed E-state index contributed by atoms with van der Waals surface area (Å²) in [5.41, 5.74) is 3.76. The number of rotatable bonds is 6. The minimum Gasteiger partial charge on any atom is -0.497 e. The SMILES string of the molecule is CN=C(NCCc1ccncc1C)NC1CCCN(c2cccc(OC)c2)C1. The van der Waals surface area contributed by atoms with E-state index in [0.717, 1.165) is 50.6 Å². The van der Waals surface area contributed by atoms with E-state index in [4.69, 9.17) is 4.74 Å². The first kappa shape index (κ1) is 20.0. The molecule has 0 radical (unpaired) electrons. The normalized spacial score (nSPS) is 17.3. The van der Waals surface area contributed by atoms with Gasteiger partial charge in [-0.2, -0.15) is 0 Å². The van der Waals surface area contributed by atoms with E-state index >= 15 is 0 Å². The number of nitrogens with zero attached hydrogens (tertiary/aromatic N) is 3. The molecule has 28 heavy (non-hydrogen) atoms. The maximum absolute atomic E-state index is 5.37. The van der Waals surface area contributed by atoms with Crippen molar-refractivity contribution in [1.82, 2.24) is 15.6 Å². The van der Waals surface area contributed by atoms with Gasteiger partial charge in [0.05, 0.1) is 7.11 Å². The second-order valence-electron chi connectivity index (χ2n) is 7.18. The summed E-state index contributed by atoms with van der Waals surface area (Å²) >= 11 is 0. The van der Waals surface area contributed by atoms with E-state index in [2.05, 4.69) is 50.6 Å². The molecule has 1 saturated heterocycles. The number of anilines is 1.